The number of carbonyl (C=O) groups excluding carboxylic acids is 2. The Labute approximate surface area is 181 Å². The smallest absolute Gasteiger partial charge is 0.416 e. The van der Waals surface area contributed by atoms with Gasteiger partial charge in [-0.15, -0.1) is 0 Å². The predicted octanol–water partition coefficient (Wildman–Crippen LogP) is 3.43. The van der Waals surface area contributed by atoms with Crippen molar-refractivity contribution in [2.75, 3.05) is 20.4 Å². The number of likely N-dealkylation sites (N-methyl/N-ethyl adjacent to an activating group) is 1. The number of hydrogen-bond donors (Lipinski definition) is 1. The molecule has 166 valence electrons. The van der Waals surface area contributed by atoms with Crippen LogP contribution in [0.5, 0.6) is 11.5 Å². The Hall–Kier alpha value is -3.69. The zero-order chi connectivity index (χ0) is 22.6. The number of nitrogens with zero attached hydrogens (tertiary/aromatic N) is 2. The van der Waals surface area contributed by atoms with Crippen LogP contribution in [0.4, 0.5) is 18.0 Å². The maximum absolute atomic E-state index is 13.3. The molecule has 7 nitrogen and oxygen atoms in total. The Bertz CT molecular complexity index is 1140. The fraction of sp³-hybridized carbons (Fsp3) is 0.273. The quantitative estimate of drug-likeness (QED) is 0.786. The molecule has 0 bridgehead atoms. The van der Waals surface area contributed by atoms with E-state index in [1.165, 1.54) is 17.0 Å². The van der Waals surface area contributed by atoms with Crippen LogP contribution < -0.4 is 14.8 Å². The number of benzene rings is 2. The molecule has 10 heteroatoms. The van der Waals surface area contributed by atoms with Crippen molar-refractivity contribution in [1.82, 2.24) is 15.1 Å². The van der Waals surface area contributed by atoms with E-state index in [0.29, 0.717) is 28.3 Å². The van der Waals surface area contributed by atoms with Gasteiger partial charge in [0.25, 0.3) is 5.91 Å². The SMILES string of the molecule is CN1C(=O)NC(c2ccc(C(F)(F)F)cc2)C2=C1CN(Cc1ccc3c(c1)OCO3)C2=O. The first-order chi connectivity index (χ1) is 15.2. The van der Waals surface area contributed by atoms with Gasteiger partial charge in [-0.05, 0) is 35.4 Å². The van der Waals surface area contributed by atoms with E-state index in [2.05, 4.69) is 5.32 Å². The van der Waals surface area contributed by atoms with Crippen LogP contribution >= 0.6 is 0 Å². The summed E-state index contributed by atoms with van der Waals surface area (Å²) in [6.07, 6.45) is -4.47. The normalized spacial score (nSPS) is 20.1. The molecule has 2 aromatic rings. The van der Waals surface area contributed by atoms with Crippen LogP contribution in [0, 0.1) is 0 Å². The summed E-state index contributed by atoms with van der Waals surface area (Å²) >= 11 is 0. The third kappa shape index (κ3) is 3.31. The molecule has 1 unspecified atom stereocenters. The lowest BCUT2D eigenvalue weighted by atomic mass is 9.95. The minimum absolute atomic E-state index is 0.144. The van der Waals surface area contributed by atoms with Crippen LogP contribution in [0.3, 0.4) is 0 Å². The largest absolute Gasteiger partial charge is 0.454 e. The lowest BCUT2D eigenvalue weighted by Gasteiger charge is -2.31. The summed E-state index contributed by atoms with van der Waals surface area (Å²) in [4.78, 5) is 28.7. The zero-order valence-electron chi connectivity index (χ0n) is 16.9. The Kier molecular flexibility index (Phi) is 4.54. The first-order valence-electron chi connectivity index (χ1n) is 9.84. The minimum Gasteiger partial charge on any atom is -0.454 e. The van der Waals surface area contributed by atoms with Crippen LogP contribution in [0.1, 0.15) is 22.7 Å². The van der Waals surface area contributed by atoms with Crippen molar-refractivity contribution in [3.63, 3.8) is 0 Å². The fourth-order valence-electron chi connectivity index (χ4n) is 4.13. The highest BCUT2D eigenvalue weighted by molar-refractivity contribution is 6.01. The lowest BCUT2D eigenvalue weighted by molar-refractivity contribution is -0.137. The lowest BCUT2D eigenvalue weighted by Crippen LogP contribution is -2.45. The summed E-state index contributed by atoms with van der Waals surface area (Å²) in [6, 6.07) is 8.62. The Balaban J connectivity index is 1.43. The molecular weight excluding hydrogens is 427 g/mol. The molecule has 5 rings (SSSR count). The number of carbonyl (C=O) groups is 2. The summed E-state index contributed by atoms with van der Waals surface area (Å²) in [5.41, 5.74) is 1.33. The van der Waals surface area contributed by atoms with Crippen molar-refractivity contribution >= 4 is 11.9 Å². The molecule has 32 heavy (non-hydrogen) atoms. The number of rotatable bonds is 3. The first-order valence-corrected chi connectivity index (χ1v) is 9.84. The van der Waals surface area contributed by atoms with Gasteiger partial charge in [-0.25, -0.2) is 4.79 Å². The van der Waals surface area contributed by atoms with Gasteiger partial charge in [0.15, 0.2) is 11.5 Å². The standard InChI is InChI=1S/C22H18F3N3O4/c1-27-15-10-28(9-12-2-7-16-17(8-12)32-11-31-16)20(29)18(15)19(26-21(27)30)13-3-5-14(6-4-13)22(23,24)25/h2-8,19H,9-11H2,1H3,(H,26,30). The number of hydrogen-bond acceptors (Lipinski definition) is 4. The summed E-state index contributed by atoms with van der Waals surface area (Å²) in [5, 5.41) is 2.72. The second-order valence-electron chi connectivity index (χ2n) is 7.77. The average Bonchev–Trinajstić information content (AvgIpc) is 3.35. The van der Waals surface area contributed by atoms with E-state index in [1.54, 1.807) is 24.1 Å². The van der Waals surface area contributed by atoms with E-state index in [0.717, 1.165) is 17.7 Å². The molecule has 0 saturated carbocycles. The molecule has 3 amide bonds. The first kappa shape index (κ1) is 20.2. The highest BCUT2D eigenvalue weighted by Gasteiger charge is 2.43. The van der Waals surface area contributed by atoms with Gasteiger partial charge in [-0.3, -0.25) is 9.69 Å². The maximum atomic E-state index is 13.3. The van der Waals surface area contributed by atoms with Gasteiger partial charge in [0.1, 0.15) is 0 Å². The van der Waals surface area contributed by atoms with Crippen LogP contribution in [0.2, 0.25) is 0 Å². The molecule has 3 heterocycles. The molecule has 0 radical (unpaired) electrons. The van der Waals surface area contributed by atoms with Gasteiger partial charge in [-0.2, -0.15) is 13.2 Å². The summed E-state index contributed by atoms with van der Waals surface area (Å²) in [7, 11) is 1.56. The molecule has 2 aromatic carbocycles. The van der Waals surface area contributed by atoms with Crippen LogP contribution in [-0.4, -0.2) is 42.1 Å². The van der Waals surface area contributed by atoms with Gasteiger partial charge in [-0.1, -0.05) is 18.2 Å². The van der Waals surface area contributed by atoms with E-state index in [1.807, 2.05) is 6.07 Å². The van der Waals surface area contributed by atoms with Gasteiger partial charge < -0.3 is 19.7 Å². The number of alkyl halides is 3. The number of amides is 3. The molecule has 1 atom stereocenters. The van der Waals surface area contributed by atoms with Crippen LogP contribution in [0.15, 0.2) is 53.7 Å². The molecule has 0 saturated heterocycles. The monoisotopic (exact) mass is 445 g/mol. The molecule has 3 aliphatic rings. The highest BCUT2D eigenvalue weighted by atomic mass is 19.4. The number of urea groups is 1. The second-order valence-corrected chi connectivity index (χ2v) is 7.77. The summed E-state index contributed by atoms with van der Waals surface area (Å²) in [5.74, 6) is 0.952. The van der Waals surface area contributed by atoms with Crippen molar-refractivity contribution < 1.29 is 32.2 Å². The predicted molar refractivity (Wildman–Crippen MR) is 105 cm³/mol. The Morgan fingerprint density at radius 2 is 1.78 bits per heavy atom. The van der Waals surface area contributed by atoms with E-state index >= 15 is 0 Å². The third-order valence-electron chi connectivity index (χ3n) is 5.82. The highest BCUT2D eigenvalue weighted by Crippen LogP contribution is 2.38. The Morgan fingerprint density at radius 1 is 1.06 bits per heavy atom. The van der Waals surface area contributed by atoms with Crippen molar-refractivity contribution in [1.29, 1.82) is 0 Å². The molecule has 0 aliphatic carbocycles. The van der Waals surface area contributed by atoms with Gasteiger partial charge in [0, 0.05) is 13.6 Å². The molecular formula is C22H18F3N3O4. The van der Waals surface area contributed by atoms with Crippen molar-refractivity contribution in [2.45, 2.75) is 18.8 Å². The summed E-state index contributed by atoms with van der Waals surface area (Å²) < 4.78 is 49.5. The van der Waals surface area contributed by atoms with Gasteiger partial charge in [0.05, 0.1) is 29.4 Å². The van der Waals surface area contributed by atoms with Crippen molar-refractivity contribution in [3.8, 4) is 11.5 Å². The van der Waals surface area contributed by atoms with E-state index in [4.69, 9.17) is 9.47 Å². The van der Waals surface area contributed by atoms with Crippen molar-refractivity contribution in [3.05, 3.63) is 70.4 Å². The number of nitrogens with one attached hydrogen (secondary N) is 1. The second kappa shape index (κ2) is 7.18. The van der Waals surface area contributed by atoms with E-state index < -0.39 is 23.8 Å². The molecule has 0 spiro atoms. The van der Waals surface area contributed by atoms with Crippen LogP contribution in [0.25, 0.3) is 0 Å². The summed E-state index contributed by atoms with van der Waals surface area (Å²) in [6.45, 7) is 0.637. The zero-order valence-corrected chi connectivity index (χ0v) is 16.9. The number of ether oxygens (including phenoxy) is 2. The Morgan fingerprint density at radius 3 is 2.50 bits per heavy atom. The minimum atomic E-state index is -4.47. The van der Waals surface area contributed by atoms with Gasteiger partial charge in [0.2, 0.25) is 6.79 Å². The van der Waals surface area contributed by atoms with Crippen LogP contribution in [-0.2, 0) is 17.5 Å². The molecule has 3 aliphatic heterocycles. The molecule has 0 aromatic heterocycles. The maximum Gasteiger partial charge on any atom is 0.416 e. The van der Waals surface area contributed by atoms with E-state index in [-0.39, 0.29) is 25.8 Å². The number of fused-ring (bicyclic) bond motifs is 1. The third-order valence-corrected chi connectivity index (χ3v) is 5.82. The topological polar surface area (TPSA) is 71.1 Å². The average molecular weight is 445 g/mol. The molecule has 0 fully saturated rings. The van der Waals surface area contributed by atoms with Crippen molar-refractivity contribution in [2.24, 2.45) is 0 Å². The number of halogens is 3. The van der Waals surface area contributed by atoms with E-state index in [9.17, 15) is 22.8 Å². The molecule has 1 N–H and O–H groups in total. The van der Waals surface area contributed by atoms with Gasteiger partial charge >= 0.3 is 12.2 Å². The fourth-order valence-corrected chi connectivity index (χ4v) is 4.13.